The van der Waals surface area contributed by atoms with E-state index in [4.69, 9.17) is 0 Å². The number of unbranched alkanes of at least 4 members (excludes halogenated alkanes) is 15. The summed E-state index contributed by atoms with van der Waals surface area (Å²) in [6.45, 7) is 7.86. The highest BCUT2D eigenvalue weighted by molar-refractivity contribution is 7.45. The van der Waals surface area contributed by atoms with Gasteiger partial charge >= 0.3 is 0 Å². The van der Waals surface area contributed by atoms with Gasteiger partial charge in [-0.2, -0.15) is 0 Å². The Bertz CT molecular complexity index is 596. The maximum atomic E-state index is 11.0. The summed E-state index contributed by atoms with van der Waals surface area (Å²) < 4.78 is 24.6. The second-order valence-corrected chi connectivity index (χ2v) is 11.1. The number of aromatic nitrogens is 2. The zero-order valence-corrected chi connectivity index (χ0v) is 24.5. The second kappa shape index (κ2) is 25.0. The summed E-state index contributed by atoms with van der Waals surface area (Å²) >= 11 is 0. The zero-order chi connectivity index (χ0) is 26.0. The summed E-state index contributed by atoms with van der Waals surface area (Å²) in [4.78, 5) is 11.0. The number of nitrogens with zero attached hydrogens (tertiary/aromatic N) is 2. The van der Waals surface area contributed by atoms with Gasteiger partial charge in [0, 0.05) is 0 Å². The molecule has 0 aromatic carbocycles. The van der Waals surface area contributed by atoms with E-state index in [-0.39, 0.29) is 13.2 Å². The van der Waals surface area contributed by atoms with Crippen molar-refractivity contribution in [2.45, 2.75) is 143 Å². The lowest BCUT2D eigenvalue weighted by molar-refractivity contribution is -0.696. The fraction of sp³-hybridized carbons (Fsp3) is 0.893. The highest BCUT2D eigenvalue weighted by Gasteiger charge is 2.07. The maximum Gasteiger partial charge on any atom is 0.267 e. The third-order valence-electron chi connectivity index (χ3n) is 6.09. The van der Waals surface area contributed by atoms with Gasteiger partial charge in [0.1, 0.15) is 12.4 Å². The summed E-state index contributed by atoms with van der Waals surface area (Å²) in [7, 11) is -1.92. The molecule has 0 aliphatic heterocycles. The van der Waals surface area contributed by atoms with E-state index in [1.54, 1.807) is 0 Å². The molecule has 0 saturated carbocycles. The minimum absolute atomic E-state index is 0.226. The Morgan fingerprint density at radius 1 is 0.686 bits per heavy atom. The Kier molecular flexibility index (Phi) is 24.5. The van der Waals surface area contributed by atoms with Crippen LogP contribution in [-0.2, 0) is 27.2 Å². The summed E-state index contributed by atoms with van der Waals surface area (Å²) in [5, 5.41) is 0. The van der Waals surface area contributed by atoms with Gasteiger partial charge in [-0.1, -0.05) is 111 Å². The first-order chi connectivity index (χ1) is 16.9. The predicted octanol–water partition coefficient (Wildman–Crippen LogP) is 7.88. The van der Waals surface area contributed by atoms with Crippen LogP contribution in [0.25, 0.3) is 0 Å². The molecule has 0 unspecified atom stereocenters. The second-order valence-electron chi connectivity index (χ2n) is 9.73. The molecule has 0 aliphatic carbocycles. The summed E-state index contributed by atoms with van der Waals surface area (Å²) in [5.74, 6) is 0. The topological polar surface area (TPSA) is 67.4 Å². The van der Waals surface area contributed by atoms with Crippen molar-refractivity contribution >= 4 is 7.82 Å². The van der Waals surface area contributed by atoms with E-state index in [0.29, 0.717) is 0 Å². The lowest BCUT2D eigenvalue weighted by atomic mass is 10.0. The fourth-order valence-corrected chi connectivity index (χ4v) is 4.58. The number of imidazole rings is 1. The Morgan fingerprint density at radius 2 is 1.09 bits per heavy atom. The van der Waals surface area contributed by atoms with E-state index in [1.807, 2.05) is 13.8 Å². The van der Waals surface area contributed by atoms with E-state index in [2.05, 4.69) is 50.9 Å². The summed E-state index contributed by atoms with van der Waals surface area (Å²) in [5.41, 5.74) is 0. The molecule has 1 heterocycles. The lowest BCUT2D eigenvalue weighted by Crippen LogP contribution is -2.30. The zero-order valence-electron chi connectivity index (χ0n) is 23.6. The molecule has 208 valence electrons. The van der Waals surface area contributed by atoms with Crippen LogP contribution in [0.4, 0.5) is 0 Å². The van der Waals surface area contributed by atoms with Crippen molar-refractivity contribution in [3.63, 3.8) is 0 Å². The van der Waals surface area contributed by atoms with Crippen molar-refractivity contribution in [3.8, 4) is 0 Å². The Hall–Kier alpha value is -0.680. The lowest BCUT2D eigenvalue weighted by Gasteiger charge is -2.22. The number of phosphoric ester groups is 1. The van der Waals surface area contributed by atoms with Crippen LogP contribution in [-0.4, -0.2) is 17.8 Å². The first-order valence-electron chi connectivity index (χ1n) is 14.6. The fourth-order valence-electron chi connectivity index (χ4n) is 3.80. The Labute approximate surface area is 217 Å². The molecule has 1 rings (SSSR count). The van der Waals surface area contributed by atoms with E-state index in [1.165, 1.54) is 96.4 Å². The molecule has 6 nitrogen and oxygen atoms in total. The first kappa shape index (κ1) is 34.3. The van der Waals surface area contributed by atoms with Gasteiger partial charge in [0.2, 0.25) is 6.33 Å². The monoisotopic (exact) mass is 516 g/mol. The van der Waals surface area contributed by atoms with E-state index in [9.17, 15) is 9.46 Å². The number of hydrogen-bond acceptors (Lipinski definition) is 4. The molecule has 0 saturated heterocycles. The van der Waals surface area contributed by atoms with Gasteiger partial charge < -0.3 is 13.9 Å². The first-order valence-corrected chi connectivity index (χ1v) is 16.0. The molecule has 1 aromatic rings. The van der Waals surface area contributed by atoms with Crippen molar-refractivity contribution in [2.24, 2.45) is 7.05 Å². The Balaban J connectivity index is 0.000000761. The molecule has 0 amide bonds. The smallest absolute Gasteiger partial charge is 0.267 e. The third-order valence-corrected chi connectivity index (χ3v) is 7.09. The number of hydrogen-bond donors (Lipinski definition) is 0. The molecular weight excluding hydrogens is 459 g/mol. The van der Waals surface area contributed by atoms with E-state index < -0.39 is 7.82 Å². The van der Waals surface area contributed by atoms with Gasteiger partial charge in [0.25, 0.3) is 7.82 Å². The number of rotatable bonds is 23. The van der Waals surface area contributed by atoms with Crippen LogP contribution in [0.1, 0.15) is 136 Å². The van der Waals surface area contributed by atoms with Gasteiger partial charge in [0.15, 0.2) is 0 Å². The van der Waals surface area contributed by atoms with Crippen molar-refractivity contribution in [3.05, 3.63) is 18.7 Å². The normalized spacial score (nSPS) is 11.5. The summed E-state index contributed by atoms with van der Waals surface area (Å²) in [6, 6.07) is 0. The van der Waals surface area contributed by atoms with Crippen molar-refractivity contribution in [1.82, 2.24) is 4.57 Å². The molecule has 35 heavy (non-hydrogen) atoms. The van der Waals surface area contributed by atoms with Gasteiger partial charge in [0.05, 0.1) is 26.8 Å². The van der Waals surface area contributed by atoms with Crippen LogP contribution in [0.2, 0.25) is 0 Å². The van der Waals surface area contributed by atoms with Crippen molar-refractivity contribution in [1.29, 1.82) is 0 Å². The standard InChI is InChI=1S/C20H39N2.C8H19O4P/c1-3-4-5-6-7-8-9-10-11-12-13-14-15-16-17-22-19-18-21(2)20-22;1-3-5-7-11-13(9,10)12-8-6-4-2/h18-20H,3-17H2,1-2H3;3-8H2,1-2H3,(H,9,10)/q+1;/p-1. The molecule has 0 atom stereocenters. The van der Waals surface area contributed by atoms with Crippen LogP contribution in [0.3, 0.4) is 0 Å². The molecule has 0 aliphatic rings. The molecule has 0 fully saturated rings. The van der Waals surface area contributed by atoms with Crippen molar-refractivity contribution < 1.29 is 23.1 Å². The SMILES string of the molecule is CCCCCCCCCCCCCCCC[n+]1ccn(C)c1.CCCCOP(=O)([O-])OCCCC. The maximum absolute atomic E-state index is 11.0. The molecular formula is C28H57N2O4P. The van der Waals surface area contributed by atoms with Crippen LogP contribution in [0.15, 0.2) is 18.7 Å². The van der Waals surface area contributed by atoms with Crippen molar-refractivity contribution in [2.75, 3.05) is 13.2 Å². The quantitative estimate of drug-likeness (QED) is 0.0843. The predicted molar refractivity (Wildman–Crippen MR) is 145 cm³/mol. The highest BCUT2D eigenvalue weighted by atomic mass is 31.2. The van der Waals surface area contributed by atoms with E-state index >= 15 is 0 Å². The van der Waals surface area contributed by atoms with E-state index in [0.717, 1.165) is 25.7 Å². The van der Waals surface area contributed by atoms with Gasteiger partial charge in [-0.25, -0.2) is 9.13 Å². The molecule has 0 N–H and O–H groups in total. The van der Waals surface area contributed by atoms with Gasteiger partial charge in [-0.15, -0.1) is 0 Å². The van der Waals surface area contributed by atoms with Crippen LogP contribution < -0.4 is 9.46 Å². The molecule has 0 bridgehead atoms. The summed E-state index contributed by atoms with van der Waals surface area (Å²) in [6.07, 6.45) is 29.8. The highest BCUT2D eigenvalue weighted by Crippen LogP contribution is 2.38. The Morgan fingerprint density at radius 3 is 1.46 bits per heavy atom. The van der Waals surface area contributed by atoms with Gasteiger partial charge in [-0.3, -0.25) is 4.57 Å². The molecule has 1 aromatic heterocycles. The van der Waals surface area contributed by atoms with Crippen LogP contribution in [0, 0.1) is 0 Å². The van der Waals surface area contributed by atoms with Crippen LogP contribution in [0.5, 0.6) is 0 Å². The number of aryl methyl sites for hydroxylation is 2. The molecule has 0 radical (unpaired) electrons. The largest absolute Gasteiger partial charge is 0.756 e. The average molecular weight is 517 g/mol. The third kappa shape index (κ3) is 24.8. The van der Waals surface area contributed by atoms with Gasteiger partial charge in [-0.05, 0) is 25.7 Å². The minimum Gasteiger partial charge on any atom is -0.756 e. The molecule has 0 spiro atoms. The minimum atomic E-state index is -4.00. The molecule has 7 heteroatoms. The van der Waals surface area contributed by atoms with Crippen LogP contribution >= 0.6 is 7.82 Å². The average Bonchev–Trinajstić information content (AvgIpc) is 3.25. The number of phosphoric acid groups is 1.